The topological polar surface area (TPSA) is 39.5 Å². The fourth-order valence-corrected chi connectivity index (χ4v) is 2.64. The second-order valence-corrected chi connectivity index (χ2v) is 5.07. The zero-order valence-corrected chi connectivity index (χ0v) is 12.0. The van der Waals surface area contributed by atoms with Gasteiger partial charge in [-0.3, -0.25) is 4.90 Å². The highest BCUT2D eigenvalue weighted by molar-refractivity contribution is 5.60. The largest absolute Gasteiger partial charge is 0.383 e. The predicted octanol–water partition coefficient (Wildman–Crippen LogP) is 1.85. The first-order valence-electron chi connectivity index (χ1n) is 6.84. The number of rotatable bonds is 4. The Morgan fingerprint density at radius 1 is 1.35 bits per heavy atom. The van der Waals surface area contributed by atoms with Crippen molar-refractivity contribution in [2.24, 2.45) is 0 Å². The standard InChI is InChI=1S/C15H20FN3O/c1-12(11-20-2)18-6-8-19(9-7-18)15-5-3-4-14(16)13(15)10-17/h3-5,12H,6-9,11H2,1-2H3. The summed E-state index contributed by atoms with van der Waals surface area (Å²) in [5, 5.41) is 9.10. The Balaban J connectivity index is 2.05. The molecule has 4 nitrogen and oxygen atoms in total. The van der Waals surface area contributed by atoms with Gasteiger partial charge in [0.05, 0.1) is 12.3 Å². The Bertz CT molecular complexity index is 492. The zero-order valence-electron chi connectivity index (χ0n) is 12.0. The molecule has 0 spiro atoms. The van der Waals surface area contributed by atoms with Gasteiger partial charge in [0.25, 0.3) is 0 Å². The molecular formula is C15H20FN3O. The van der Waals surface area contributed by atoms with Crippen LogP contribution in [0.1, 0.15) is 12.5 Å². The molecular weight excluding hydrogens is 257 g/mol. The molecule has 5 heteroatoms. The molecule has 108 valence electrons. The Kier molecular flexibility index (Phi) is 4.94. The third kappa shape index (κ3) is 3.09. The Morgan fingerprint density at radius 2 is 2.05 bits per heavy atom. The van der Waals surface area contributed by atoms with E-state index in [-0.39, 0.29) is 5.56 Å². The Morgan fingerprint density at radius 3 is 2.65 bits per heavy atom. The fraction of sp³-hybridized carbons (Fsp3) is 0.533. The summed E-state index contributed by atoms with van der Waals surface area (Å²) in [6.07, 6.45) is 0. The van der Waals surface area contributed by atoms with Gasteiger partial charge in [-0.2, -0.15) is 5.26 Å². The van der Waals surface area contributed by atoms with E-state index < -0.39 is 5.82 Å². The van der Waals surface area contributed by atoms with Crippen molar-refractivity contribution in [2.75, 3.05) is 44.8 Å². The minimum Gasteiger partial charge on any atom is -0.383 e. The van der Waals surface area contributed by atoms with Crippen molar-refractivity contribution in [3.63, 3.8) is 0 Å². The van der Waals surface area contributed by atoms with Gasteiger partial charge in [-0.15, -0.1) is 0 Å². The van der Waals surface area contributed by atoms with Crippen molar-refractivity contribution in [2.45, 2.75) is 13.0 Å². The van der Waals surface area contributed by atoms with Crippen molar-refractivity contribution >= 4 is 5.69 Å². The number of hydrogen-bond donors (Lipinski definition) is 0. The number of hydrogen-bond acceptors (Lipinski definition) is 4. The van der Waals surface area contributed by atoms with E-state index >= 15 is 0 Å². The molecule has 20 heavy (non-hydrogen) atoms. The summed E-state index contributed by atoms with van der Waals surface area (Å²) in [6.45, 7) is 6.24. The third-order valence-corrected chi connectivity index (χ3v) is 3.79. The molecule has 0 amide bonds. The van der Waals surface area contributed by atoms with Crippen molar-refractivity contribution in [3.05, 3.63) is 29.6 Å². The molecule has 0 saturated carbocycles. The number of nitriles is 1. The number of benzene rings is 1. The lowest BCUT2D eigenvalue weighted by Crippen LogP contribution is -2.50. The molecule has 0 N–H and O–H groups in total. The molecule has 1 atom stereocenters. The van der Waals surface area contributed by atoms with Gasteiger partial charge in [0.2, 0.25) is 0 Å². The first kappa shape index (κ1) is 14.8. The maximum atomic E-state index is 13.6. The maximum absolute atomic E-state index is 13.6. The zero-order chi connectivity index (χ0) is 14.5. The van der Waals surface area contributed by atoms with Crippen LogP contribution < -0.4 is 4.90 Å². The Labute approximate surface area is 119 Å². The molecule has 0 bridgehead atoms. The minimum absolute atomic E-state index is 0.144. The molecule has 1 aromatic carbocycles. The first-order chi connectivity index (χ1) is 9.67. The minimum atomic E-state index is -0.444. The second-order valence-electron chi connectivity index (χ2n) is 5.07. The van der Waals surface area contributed by atoms with Crippen LogP contribution in [0.2, 0.25) is 0 Å². The van der Waals surface area contributed by atoms with Crippen LogP contribution in [-0.4, -0.2) is 50.8 Å². The van der Waals surface area contributed by atoms with Crippen molar-refractivity contribution in [3.8, 4) is 6.07 Å². The lowest BCUT2D eigenvalue weighted by Gasteiger charge is -2.39. The normalized spacial score (nSPS) is 17.8. The van der Waals surface area contributed by atoms with Gasteiger partial charge in [0, 0.05) is 39.3 Å². The van der Waals surface area contributed by atoms with Crippen molar-refractivity contribution < 1.29 is 9.13 Å². The summed E-state index contributed by atoms with van der Waals surface area (Å²) < 4.78 is 18.8. The van der Waals surface area contributed by atoms with Crippen LogP contribution in [0.5, 0.6) is 0 Å². The number of piperazine rings is 1. The van der Waals surface area contributed by atoms with Gasteiger partial charge in [0.1, 0.15) is 17.4 Å². The molecule has 2 rings (SSSR count). The van der Waals surface area contributed by atoms with E-state index in [0.29, 0.717) is 18.3 Å². The fourth-order valence-electron chi connectivity index (χ4n) is 2.64. The molecule has 1 fully saturated rings. The molecule has 1 aromatic rings. The molecule has 0 radical (unpaired) electrons. The van der Waals surface area contributed by atoms with E-state index in [0.717, 1.165) is 26.2 Å². The number of halogens is 1. The Hall–Kier alpha value is -1.64. The smallest absolute Gasteiger partial charge is 0.143 e. The average molecular weight is 277 g/mol. The van der Waals surface area contributed by atoms with E-state index in [1.54, 1.807) is 13.2 Å². The molecule has 1 aliphatic heterocycles. The van der Waals surface area contributed by atoms with Gasteiger partial charge in [0.15, 0.2) is 0 Å². The number of anilines is 1. The SMILES string of the molecule is COCC(C)N1CCN(c2cccc(F)c2C#N)CC1. The van der Waals surface area contributed by atoms with Crippen LogP contribution in [0.4, 0.5) is 10.1 Å². The van der Waals surface area contributed by atoms with Gasteiger partial charge in [-0.25, -0.2) is 4.39 Å². The monoisotopic (exact) mass is 277 g/mol. The summed E-state index contributed by atoms with van der Waals surface area (Å²) in [5.74, 6) is -0.444. The number of nitrogens with zero attached hydrogens (tertiary/aromatic N) is 3. The van der Waals surface area contributed by atoms with E-state index in [4.69, 9.17) is 10.00 Å². The number of methoxy groups -OCH3 is 1. The molecule has 0 aromatic heterocycles. The van der Waals surface area contributed by atoms with E-state index in [2.05, 4.69) is 16.7 Å². The lowest BCUT2D eigenvalue weighted by molar-refractivity contribution is 0.0953. The van der Waals surface area contributed by atoms with Crippen LogP contribution in [0, 0.1) is 17.1 Å². The van der Waals surface area contributed by atoms with E-state index in [9.17, 15) is 4.39 Å². The maximum Gasteiger partial charge on any atom is 0.143 e. The van der Waals surface area contributed by atoms with Gasteiger partial charge < -0.3 is 9.64 Å². The highest BCUT2D eigenvalue weighted by Crippen LogP contribution is 2.24. The van der Waals surface area contributed by atoms with E-state index in [1.165, 1.54) is 6.07 Å². The second kappa shape index (κ2) is 6.69. The van der Waals surface area contributed by atoms with Crippen LogP contribution >= 0.6 is 0 Å². The van der Waals surface area contributed by atoms with E-state index in [1.807, 2.05) is 12.1 Å². The summed E-state index contributed by atoms with van der Waals surface area (Å²) in [4.78, 5) is 4.43. The first-order valence-corrected chi connectivity index (χ1v) is 6.84. The summed E-state index contributed by atoms with van der Waals surface area (Å²) >= 11 is 0. The third-order valence-electron chi connectivity index (χ3n) is 3.79. The van der Waals surface area contributed by atoms with Gasteiger partial charge in [-0.1, -0.05) is 6.07 Å². The van der Waals surface area contributed by atoms with Crippen LogP contribution in [0.3, 0.4) is 0 Å². The summed E-state index contributed by atoms with van der Waals surface area (Å²) in [7, 11) is 1.71. The highest BCUT2D eigenvalue weighted by atomic mass is 19.1. The quantitative estimate of drug-likeness (QED) is 0.842. The molecule has 0 aliphatic carbocycles. The molecule has 1 heterocycles. The average Bonchev–Trinajstić information content (AvgIpc) is 2.47. The van der Waals surface area contributed by atoms with Crippen LogP contribution in [-0.2, 0) is 4.74 Å². The van der Waals surface area contributed by atoms with Crippen molar-refractivity contribution in [1.82, 2.24) is 4.90 Å². The summed E-state index contributed by atoms with van der Waals surface area (Å²) in [6, 6.07) is 7.15. The van der Waals surface area contributed by atoms with Gasteiger partial charge in [-0.05, 0) is 19.1 Å². The molecule has 1 saturated heterocycles. The van der Waals surface area contributed by atoms with Crippen LogP contribution in [0.15, 0.2) is 18.2 Å². The van der Waals surface area contributed by atoms with Crippen molar-refractivity contribution in [1.29, 1.82) is 5.26 Å². The van der Waals surface area contributed by atoms with Gasteiger partial charge >= 0.3 is 0 Å². The highest BCUT2D eigenvalue weighted by Gasteiger charge is 2.23. The predicted molar refractivity (Wildman–Crippen MR) is 76.2 cm³/mol. The molecule has 1 aliphatic rings. The summed E-state index contributed by atoms with van der Waals surface area (Å²) in [5.41, 5.74) is 0.845. The van der Waals surface area contributed by atoms with Crippen LogP contribution in [0.25, 0.3) is 0 Å². The molecule has 1 unspecified atom stereocenters. The number of ether oxygens (including phenoxy) is 1. The lowest BCUT2D eigenvalue weighted by atomic mass is 10.1.